The van der Waals surface area contributed by atoms with Crippen molar-refractivity contribution in [3.8, 4) is 0 Å². The summed E-state index contributed by atoms with van der Waals surface area (Å²) < 4.78 is 0. The molecule has 0 saturated heterocycles. The van der Waals surface area contributed by atoms with Crippen LogP contribution in [-0.4, -0.2) is 33.9 Å². The normalized spacial score (nSPS) is 15.8. The molecule has 0 bridgehead atoms. The number of anilines is 1. The van der Waals surface area contributed by atoms with Gasteiger partial charge in [0, 0.05) is 47.9 Å². The third-order valence-corrected chi connectivity index (χ3v) is 6.72. The van der Waals surface area contributed by atoms with Gasteiger partial charge in [-0.2, -0.15) is 0 Å². The quantitative estimate of drug-likeness (QED) is 0.272. The highest BCUT2D eigenvalue weighted by Crippen LogP contribution is 2.25. The van der Waals surface area contributed by atoms with Gasteiger partial charge < -0.3 is 20.9 Å². The summed E-state index contributed by atoms with van der Waals surface area (Å²) in [6.45, 7) is 2.31. The van der Waals surface area contributed by atoms with Gasteiger partial charge in [0.2, 0.25) is 5.91 Å². The molecule has 0 radical (unpaired) electrons. The molecule has 1 heterocycles. The Kier molecular flexibility index (Phi) is 7.33. The van der Waals surface area contributed by atoms with Crippen LogP contribution in [0.4, 0.5) is 16.2 Å². The number of hydrogen-bond donors (Lipinski definition) is 4. The fraction of sp³-hybridized carbons (Fsp3) is 0.385. The number of benzene rings is 2. The van der Waals surface area contributed by atoms with Gasteiger partial charge in [0.25, 0.3) is 5.69 Å². The van der Waals surface area contributed by atoms with Gasteiger partial charge in [-0.1, -0.05) is 37.5 Å². The molecule has 1 fully saturated rings. The fourth-order valence-electron chi connectivity index (χ4n) is 4.74. The maximum Gasteiger partial charge on any atom is 0.320 e. The number of aromatic nitrogens is 1. The Morgan fingerprint density at radius 3 is 2.51 bits per heavy atom. The highest BCUT2D eigenvalue weighted by atomic mass is 16.6. The molecule has 1 atom stereocenters. The van der Waals surface area contributed by atoms with E-state index in [-0.39, 0.29) is 11.6 Å². The van der Waals surface area contributed by atoms with Crippen molar-refractivity contribution in [1.29, 1.82) is 0 Å². The molecular formula is C26H31N5O4. The number of para-hydroxylation sites is 1. The Morgan fingerprint density at radius 2 is 1.80 bits per heavy atom. The summed E-state index contributed by atoms with van der Waals surface area (Å²) in [4.78, 5) is 39.9. The Balaban J connectivity index is 1.50. The van der Waals surface area contributed by atoms with Crippen molar-refractivity contribution in [2.24, 2.45) is 5.92 Å². The molecule has 1 aliphatic carbocycles. The number of carbonyl (C=O) groups is 2. The molecule has 9 nitrogen and oxygen atoms in total. The standard InChI is InChI=1S/C26H31N5O4/c1-26(24(32)28-16-18-7-3-2-4-8-18,15-19-17-27-23-10-6-5-9-22(19)23)30-25(33)29-20-11-13-21(14-12-20)31(34)35/h5-6,9-14,17-18,27H,2-4,7-8,15-16H2,1H3,(H,28,32)(H2,29,30,33)/t26-/m0/s1. The molecule has 0 spiro atoms. The number of nitro benzene ring substituents is 1. The third kappa shape index (κ3) is 5.98. The first-order valence-electron chi connectivity index (χ1n) is 12.0. The van der Waals surface area contributed by atoms with Gasteiger partial charge in [-0.3, -0.25) is 14.9 Å². The lowest BCUT2D eigenvalue weighted by Crippen LogP contribution is -2.59. The highest BCUT2D eigenvalue weighted by Gasteiger charge is 2.36. The highest BCUT2D eigenvalue weighted by molar-refractivity contribution is 5.96. The van der Waals surface area contributed by atoms with Crippen LogP contribution >= 0.6 is 0 Å². The monoisotopic (exact) mass is 477 g/mol. The number of aromatic amines is 1. The van der Waals surface area contributed by atoms with E-state index in [1.54, 1.807) is 6.92 Å². The van der Waals surface area contributed by atoms with Gasteiger partial charge in [-0.15, -0.1) is 0 Å². The summed E-state index contributed by atoms with van der Waals surface area (Å²) in [5.41, 5.74) is 0.992. The van der Waals surface area contributed by atoms with Crippen molar-refractivity contribution in [2.45, 2.75) is 51.0 Å². The van der Waals surface area contributed by atoms with Crippen LogP contribution < -0.4 is 16.0 Å². The van der Waals surface area contributed by atoms with Crippen LogP contribution in [0.25, 0.3) is 10.9 Å². The molecular weight excluding hydrogens is 446 g/mol. The van der Waals surface area contributed by atoms with Crippen molar-refractivity contribution in [2.75, 3.05) is 11.9 Å². The summed E-state index contributed by atoms with van der Waals surface area (Å²) in [5.74, 6) is 0.214. The molecule has 0 unspecified atom stereocenters. The van der Waals surface area contributed by atoms with Crippen LogP contribution in [0.5, 0.6) is 0 Å². The van der Waals surface area contributed by atoms with Gasteiger partial charge in [0.15, 0.2) is 0 Å². The summed E-state index contributed by atoms with van der Waals surface area (Å²) in [6.07, 6.45) is 7.98. The first-order chi connectivity index (χ1) is 16.8. The first kappa shape index (κ1) is 24.3. The van der Waals surface area contributed by atoms with Crippen molar-refractivity contribution < 1.29 is 14.5 Å². The van der Waals surface area contributed by atoms with Crippen LogP contribution in [0.15, 0.2) is 54.7 Å². The predicted molar refractivity (Wildman–Crippen MR) is 135 cm³/mol. The number of carbonyl (C=O) groups excluding carboxylic acids is 2. The fourth-order valence-corrected chi connectivity index (χ4v) is 4.74. The largest absolute Gasteiger partial charge is 0.361 e. The average Bonchev–Trinajstić information content (AvgIpc) is 3.25. The van der Waals surface area contributed by atoms with Gasteiger partial charge in [0.05, 0.1) is 4.92 Å². The van der Waals surface area contributed by atoms with E-state index in [4.69, 9.17) is 0 Å². The summed E-state index contributed by atoms with van der Waals surface area (Å²) >= 11 is 0. The number of H-pyrrole nitrogens is 1. The lowest BCUT2D eigenvalue weighted by molar-refractivity contribution is -0.384. The molecule has 1 aromatic heterocycles. The molecule has 3 aromatic rings. The molecule has 3 amide bonds. The van der Waals surface area contributed by atoms with E-state index in [1.165, 1.54) is 43.5 Å². The number of nitrogens with one attached hydrogen (secondary N) is 4. The maximum atomic E-state index is 13.4. The minimum Gasteiger partial charge on any atom is -0.361 e. The number of non-ortho nitro benzene ring substituents is 1. The Hall–Kier alpha value is -3.88. The first-order valence-corrected chi connectivity index (χ1v) is 12.0. The van der Waals surface area contributed by atoms with E-state index in [1.807, 2.05) is 30.5 Å². The van der Waals surface area contributed by atoms with Crippen LogP contribution in [0.3, 0.4) is 0 Å². The second-order valence-corrected chi connectivity index (χ2v) is 9.47. The Morgan fingerprint density at radius 1 is 1.09 bits per heavy atom. The maximum absolute atomic E-state index is 13.4. The minimum absolute atomic E-state index is 0.0674. The zero-order valence-electron chi connectivity index (χ0n) is 19.8. The number of rotatable bonds is 8. The van der Waals surface area contributed by atoms with Gasteiger partial charge >= 0.3 is 6.03 Å². The number of amides is 3. The van der Waals surface area contributed by atoms with E-state index in [0.717, 1.165) is 29.3 Å². The summed E-state index contributed by atoms with van der Waals surface area (Å²) in [6, 6.07) is 12.8. The number of fused-ring (bicyclic) bond motifs is 1. The zero-order chi connectivity index (χ0) is 24.8. The molecule has 1 saturated carbocycles. The van der Waals surface area contributed by atoms with Crippen LogP contribution in [0.2, 0.25) is 0 Å². The van der Waals surface area contributed by atoms with Gasteiger partial charge in [-0.25, -0.2) is 4.79 Å². The number of urea groups is 1. The van der Waals surface area contributed by atoms with E-state index in [0.29, 0.717) is 24.6 Å². The molecule has 35 heavy (non-hydrogen) atoms. The van der Waals surface area contributed by atoms with Crippen LogP contribution in [-0.2, 0) is 11.2 Å². The molecule has 184 valence electrons. The number of hydrogen-bond acceptors (Lipinski definition) is 4. The number of nitro groups is 1. The van der Waals surface area contributed by atoms with Crippen LogP contribution in [0.1, 0.15) is 44.6 Å². The number of nitrogens with zero attached hydrogens (tertiary/aromatic N) is 1. The SMILES string of the molecule is C[C@@](Cc1c[nH]c2ccccc12)(NC(=O)Nc1ccc([N+](=O)[O-])cc1)C(=O)NCC1CCCCC1. The van der Waals surface area contributed by atoms with E-state index in [2.05, 4.69) is 20.9 Å². The zero-order valence-corrected chi connectivity index (χ0v) is 19.8. The summed E-state index contributed by atoms with van der Waals surface area (Å²) in [7, 11) is 0. The molecule has 0 aliphatic heterocycles. The second-order valence-electron chi connectivity index (χ2n) is 9.47. The smallest absolute Gasteiger partial charge is 0.320 e. The minimum atomic E-state index is -1.22. The Bertz CT molecular complexity index is 1200. The van der Waals surface area contributed by atoms with Gasteiger partial charge in [0.1, 0.15) is 5.54 Å². The predicted octanol–water partition coefficient (Wildman–Crippen LogP) is 4.90. The average molecular weight is 478 g/mol. The Labute approximate surface area is 203 Å². The third-order valence-electron chi connectivity index (χ3n) is 6.72. The lowest BCUT2D eigenvalue weighted by atomic mass is 9.88. The van der Waals surface area contributed by atoms with Crippen molar-refractivity contribution in [3.63, 3.8) is 0 Å². The molecule has 4 N–H and O–H groups in total. The molecule has 9 heteroatoms. The van der Waals surface area contributed by atoms with Crippen LogP contribution in [0, 0.1) is 16.0 Å². The van der Waals surface area contributed by atoms with Crippen molar-refractivity contribution in [3.05, 3.63) is 70.4 Å². The second kappa shape index (κ2) is 10.6. The van der Waals surface area contributed by atoms with Crippen molar-refractivity contribution in [1.82, 2.24) is 15.6 Å². The molecule has 2 aromatic carbocycles. The topological polar surface area (TPSA) is 129 Å². The lowest BCUT2D eigenvalue weighted by Gasteiger charge is -2.31. The molecule has 4 rings (SSSR count). The van der Waals surface area contributed by atoms with E-state index in [9.17, 15) is 19.7 Å². The van der Waals surface area contributed by atoms with E-state index >= 15 is 0 Å². The van der Waals surface area contributed by atoms with Gasteiger partial charge in [-0.05, 0) is 49.4 Å². The van der Waals surface area contributed by atoms with E-state index < -0.39 is 16.5 Å². The summed E-state index contributed by atoms with van der Waals surface area (Å²) in [5, 5.41) is 20.5. The van der Waals surface area contributed by atoms with Crippen molar-refractivity contribution >= 4 is 34.2 Å². The molecule has 1 aliphatic rings.